The Balaban J connectivity index is 1.16. The zero-order valence-electron chi connectivity index (χ0n) is 23.6. The first kappa shape index (κ1) is 27.8. The number of phenols is 1. The number of carbonyl (C=O) groups is 1. The number of hydrogen-bond acceptors (Lipinski definition) is 5. The Morgan fingerprint density at radius 1 is 1.00 bits per heavy atom. The van der Waals surface area contributed by atoms with Crippen molar-refractivity contribution in [3.05, 3.63) is 29.8 Å². The lowest BCUT2D eigenvalue weighted by atomic mass is 9.41. The molecular weight excluding hydrogens is 478 g/mol. The maximum absolute atomic E-state index is 12.2. The van der Waals surface area contributed by atoms with Crippen LogP contribution >= 0.6 is 0 Å². The summed E-state index contributed by atoms with van der Waals surface area (Å²) in [5.74, 6) is 3.07. The molecular formula is C32H49NO5. The molecule has 5 rings (SSSR count). The van der Waals surface area contributed by atoms with Crippen LogP contribution in [0.2, 0.25) is 0 Å². The molecule has 1 aromatic rings. The molecule has 4 N–H and O–H groups in total. The Labute approximate surface area is 228 Å². The third-order valence-corrected chi connectivity index (χ3v) is 11.9. The number of phenolic OH excluding ortho intramolecular Hbond substituents is 1. The number of alkyl carbamates (subject to hydrolysis) is 1. The van der Waals surface area contributed by atoms with Crippen LogP contribution < -0.4 is 5.32 Å². The highest BCUT2D eigenvalue weighted by atomic mass is 16.5. The number of rotatable bonds is 7. The molecule has 4 saturated carbocycles. The zero-order chi connectivity index (χ0) is 27.1. The van der Waals surface area contributed by atoms with E-state index < -0.39 is 6.09 Å². The monoisotopic (exact) mass is 527 g/mol. The van der Waals surface area contributed by atoms with Gasteiger partial charge in [0.2, 0.25) is 0 Å². The van der Waals surface area contributed by atoms with Crippen molar-refractivity contribution in [1.29, 1.82) is 0 Å². The van der Waals surface area contributed by atoms with Gasteiger partial charge in [0, 0.05) is 6.54 Å². The highest BCUT2D eigenvalue weighted by molar-refractivity contribution is 5.67. The number of aliphatic hydroxyl groups is 2. The van der Waals surface area contributed by atoms with Crippen molar-refractivity contribution in [2.24, 2.45) is 46.3 Å². The molecule has 0 aromatic heterocycles. The molecule has 1 aromatic carbocycles. The van der Waals surface area contributed by atoms with Crippen LogP contribution in [-0.4, -0.2) is 40.2 Å². The van der Waals surface area contributed by atoms with E-state index in [-0.39, 0.29) is 28.8 Å². The summed E-state index contributed by atoms with van der Waals surface area (Å²) < 4.78 is 5.47. The molecule has 10 atom stereocenters. The smallest absolute Gasteiger partial charge is 0.407 e. The third-order valence-electron chi connectivity index (χ3n) is 11.9. The second kappa shape index (κ2) is 11.0. The predicted octanol–water partition coefficient (Wildman–Crippen LogP) is 6.03. The summed E-state index contributed by atoms with van der Waals surface area (Å²) >= 11 is 0. The molecule has 4 aliphatic rings. The highest BCUT2D eigenvalue weighted by Crippen LogP contribution is 2.69. The van der Waals surface area contributed by atoms with Crippen LogP contribution in [0, 0.1) is 46.3 Å². The first-order valence-corrected chi connectivity index (χ1v) is 15.2. The van der Waals surface area contributed by atoms with E-state index >= 15 is 0 Å². The molecule has 0 bridgehead atoms. The van der Waals surface area contributed by atoms with E-state index in [0.717, 1.165) is 44.1 Å². The van der Waals surface area contributed by atoms with Gasteiger partial charge < -0.3 is 25.4 Å². The average Bonchev–Trinajstić information content (AvgIpc) is 3.23. The van der Waals surface area contributed by atoms with Gasteiger partial charge in [-0.2, -0.15) is 0 Å². The second-order valence-electron chi connectivity index (χ2n) is 13.5. The van der Waals surface area contributed by atoms with Crippen LogP contribution in [-0.2, 0) is 11.3 Å². The van der Waals surface area contributed by atoms with Crippen molar-refractivity contribution in [2.45, 2.75) is 104 Å². The number of hydrogen-bond donors (Lipinski definition) is 4. The number of aliphatic hydroxyl groups excluding tert-OH is 2. The lowest BCUT2D eigenvalue weighted by molar-refractivity contribution is -0.202. The molecule has 1 amide bonds. The van der Waals surface area contributed by atoms with Crippen LogP contribution in [0.4, 0.5) is 4.79 Å². The maximum Gasteiger partial charge on any atom is 0.407 e. The molecule has 0 unspecified atom stereocenters. The van der Waals surface area contributed by atoms with Crippen LogP contribution in [0.15, 0.2) is 24.3 Å². The third kappa shape index (κ3) is 4.96. The maximum atomic E-state index is 12.2. The number of fused-ring (bicyclic) bond motifs is 5. The largest absolute Gasteiger partial charge is 0.508 e. The van der Waals surface area contributed by atoms with Crippen molar-refractivity contribution in [1.82, 2.24) is 5.32 Å². The normalized spacial score (nSPS) is 42.0. The van der Waals surface area contributed by atoms with Gasteiger partial charge in [-0.25, -0.2) is 4.79 Å². The van der Waals surface area contributed by atoms with E-state index in [4.69, 9.17) is 4.74 Å². The van der Waals surface area contributed by atoms with Gasteiger partial charge in [0.05, 0.1) is 18.8 Å². The molecule has 0 saturated heterocycles. The fourth-order valence-corrected chi connectivity index (χ4v) is 9.87. The van der Waals surface area contributed by atoms with Crippen molar-refractivity contribution in [2.75, 3.05) is 6.61 Å². The van der Waals surface area contributed by atoms with Gasteiger partial charge in [-0.3, -0.25) is 0 Å². The van der Waals surface area contributed by atoms with Crippen molar-refractivity contribution < 1.29 is 24.9 Å². The average molecular weight is 528 g/mol. The highest BCUT2D eigenvalue weighted by Gasteiger charge is 2.64. The van der Waals surface area contributed by atoms with E-state index in [1.165, 1.54) is 25.7 Å². The van der Waals surface area contributed by atoms with Gasteiger partial charge in [0.15, 0.2) is 0 Å². The predicted molar refractivity (Wildman–Crippen MR) is 147 cm³/mol. The first-order chi connectivity index (χ1) is 18.2. The first-order valence-electron chi connectivity index (χ1n) is 15.2. The van der Waals surface area contributed by atoms with E-state index in [9.17, 15) is 20.1 Å². The van der Waals surface area contributed by atoms with Crippen LogP contribution in [0.25, 0.3) is 0 Å². The minimum Gasteiger partial charge on any atom is -0.508 e. The van der Waals surface area contributed by atoms with E-state index in [0.29, 0.717) is 48.7 Å². The molecule has 4 aliphatic carbocycles. The van der Waals surface area contributed by atoms with Gasteiger partial charge in [-0.15, -0.1) is 0 Å². The van der Waals surface area contributed by atoms with Gasteiger partial charge in [-0.1, -0.05) is 39.3 Å². The van der Waals surface area contributed by atoms with Crippen molar-refractivity contribution in [3.63, 3.8) is 0 Å². The fraction of sp³-hybridized carbons (Fsp3) is 0.781. The Kier molecular flexibility index (Phi) is 8.04. The van der Waals surface area contributed by atoms with Gasteiger partial charge in [-0.05, 0) is 122 Å². The number of carbonyl (C=O) groups excluding carboxylic acids is 1. The quantitative estimate of drug-likeness (QED) is 0.325. The van der Waals surface area contributed by atoms with Crippen molar-refractivity contribution >= 4 is 6.09 Å². The van der Waals surface area contributed by atoms with Crippen LogP contribution in [0.3, 0.4) is 0 Å². The number of ether oxygens (including phenoxy) is 1. The molecule has 38 heavy (non-hydrogen) atoms. The molecule has 6 nitrogen and oxygen atoms in total. The summed E-state index contributed by atoms with van der Waals surface area (Å²) in [4.78, 5) is 12.2. The lowest BCUT2D eigenvalue weighted by Crippen LogP contribution is -2.62. The standard InChI is InChI=1S/C32H49NO5/c1-4-24-27-18-23(35)13-15-32(27,3)26-14-16-31(2)21(9-12-25(31)28(26)29(24)36)6-5-17-38-30(37)33-19-20-7-10-22(34)11-8-20/h7-8,10-11,21,23-29,34-36H,4-6,9,12-19H2,1-3H3,(H,33,37)/t21-,23+,24+,25-,26-,27-,28-,29+,31+,32+/m0/s1. The van der Waals surface area contributed by atoms with E-state index in [2.05, 4.69) is 26.1 Å². The van der Waals surface area contributed by atoms with E-state index in [1.54, 1.807) is 24.3 Å². The van der Waals surface area contributed by atoms with Crippen LogP contribution in [0.5, 0.6) is 5.75 Å². The second-order valence-corrected chi connectivity index (χ2v) is 13.5. The lowest BCUT2D eigenvalue weighted by Gasteiger charge is -2.64. The summed E-state index contributed by atoms with van der Waals surface area (Å²) in [6, 6.07) is 6.79. The summed E-state index contributed by atoms with van der Waals surface area (Å²) in [7, 11) is 0. The topological polar surface area (TPSA) is 99.0 Å². The minimum absolute atomic E-state index is 0.201. The SMILES string of the molecule is CC[C@H]1[C@@H](O)[C@@H]2[C@H](CC[C@]3(C)[C@@H](CCCOC(=O)NCc4ccc(O)cc4)CC[C@@H]23)[C@@]2(C)CC[C@@H](O)C[C@@H]12. The Hall–Kier alpha value is -1.79. The Morgan fingerprint density at radius 3 is 2.45 bits per heavy atom. The van der Waals surface area contributed by atoms with E-state index in [1.807, 2.05) is 0 Å². The Bertz CT molecular complexity index is 967. The zero-order valence-corrected chi connectivity index (χ0v) is 23.6. The van der Waals surface area contributed by atoms with Gasteiger partial charge in [0.1, 0.15) is 5.75 Å². The number of benzene rings is 1. The molecule has 212 valence electrons. The number of nitrogens with one attached hydrogen (secondary N) is 1. The number of amides is 1. The molecule has 0 radical (unpaired) electrons. The molecule has 0 heterocycles. The Morgan fingerprint density at radius 2 is 1.71 bits per heavy atom. The summed E-state index contributed by atoms with van der Waals surface area (Å²) in [6.07, 6.45) is 9.78. The van der Waals surface area contributed by atoms with Gasteiger partial charge in [0.25, 0.3) is 0 Å². The van der Waals surface area contributed by atoms with Gasteiger partial charge >= 0.3 is 6.09 Å². The molecule has 0 aliphatic heterocycles. The molecule has 6 heteroatoms. The van der Waals surface area contributed by atoms with Crippen LogP contribution in [0.1, 0.15) is 90.5 Å². The molecule has 4 fully saturated rings. The summed E-state index contributed by atoms with van der Waals surface area (Å²) in [6.45, 7) is 8.02. The molecule has 0 spiro atoms. The van der Waals surface area contributed by atoms with Crippen molar-refractivity contribution in [3.8, 4) is 5.75 Å². The minimum atomic E-state index is -0.398. The summed E-state index contributed by atoms with van der Waals surface area (Å²) in [5, 5.41) is 34.5. The fourth-order valence-electron chi connectivity index (χ4n) is 9.87. The summed E-state index contributed by atoms with van der Waals surface area (Å²) in [5.41, 5.74) is 1.41. The number of aromatic hydroxyl groups is 1.